The molecule has 0 aliphatic rings. The molecule has 3 amide bonds. The Morgan fingerprint density at radius 2 is 1.81 bits per heavy atom. The second kappa shape index (κ2) is 6.96. The summed E-state index contributed by atoms with van der Waals surface area (Å²) in [5.41, 5.74) is -0.811. The lowest BCUT2D eigenvalue weighted by Gasteiger charge is -2.15. The van der Waals surface area contributed by atoms with E-state index < -0.39 is 29.8 Å². The maximum atomic E-state index is 12.4. The molecule has 1 aromatic rings. The third kappa shape index (κ3) is 5.33. The van der Waals surface area contributed by atoms with Gasteiger partial charge in [-0.3, -0.25) is 10.1 Å². The van der Waals surface area contributed by atoms with Crippen molar-refractivity contribution in [3.8, 4) is 5.75 Å². The Kier molecular flexibility index (Phi) is 5.57. The first-order chi connectivity index (χ1) is 9.74. The molecular formula is C13H15F3N2O3. The van der Waals surface area contributed by atoms with Gasteiger partial charge >= 0.3 is 12.2 Å². The minimum Gasteiger partial charge on any atom is -0.481 e. The number of amides is 3. The summed E-state index contributed by atoms with van der Waals surface area (Å²) in [6.45, 7) is 3.42. The van der Waals surface area contributed by atoms with Crippen LogP contribution in [0.1, 0.15) is 19.4 Å². The van der Waals surface area contributed by atoms with Gasteiger partial charge in [0.05, 0.1) is 5.56 Å². The predicted molar refractivity (Wildman–Crippen MR) is 68.7 cm³/mol. The monoisotopic (exact) mass is 304 g/mol. The van der Waals surface area contributed by atoms with Gasteiger partial charge in [0.1, 0.15) is 5.75 Å². The molecule has 0 saturated heterocycles. The number of halogens is 3. The first-order valence-electron chi connectivity index (χ1n) is 6.16. The summed E-state index contributed by atoms with van der Waals surface area (Å²) in [5, 5.41) is 4.41. The Morgan fingerprint density at radius 1 is 1.24 bits per heavy atom. The summed E-state index contributed by atoms with van der Waals surface area (Å²) in [4.78, 5) is 22.7. The van der Waals surface area contributed by atoms with Crippen LogP contribution in [0.25, 0.3) is 0 Å². The number of nitrogens with one attached hydrogen (secondary N) is 2. The second-order valence-corrected chi connectivity index (χ2v) is 4.13. The molecule has 2 N–H and O–H groups in total. The van der Waals surface area contributed by atoms with Crippen molar-refractivity contribution in [3.05, 3.63) is 29.8 Å². The molecule has 1 unspecified atom stereocenters. The van der Waals surface area contributed by atoms with Gasteiger partial charge in [0.25, 0.3) is 5.91 Å². The number of carbonyl (C=O) groups excluding carboxylic acids is 2. The molecular weight excluding hydrogens is 289 g/mol. The van der Waals surface area contributed by atoms with E-state index in [9.17, 15) is 22.8 Å². The van der Waals surface area contributed by atoms with E-state index in [0.717, 1.165) is 24.3 Å². The highest BCUT2D eigenvalue weighted by Crippen LogP contribution is 2.30. The minimum atomic E-state index is -4.43. The first-order valence-corrected chi connectivity index (χ1v) is 6.16. The smallest absolute Gasteiger partial charge is 0.416 e. The quantitative estimate of drug-likeness (QED) is 0.897. The largest absolute Gasteiger partial charge is 0.481 e. The SMILES string of the molecule is CCNC(=O)NC(=O)C(C)Oc1ccc(C(F)(F)F)cc1. The third-order valence-electron chi connectivity index (χ3n) is 2.44. The fourth-order valence-corrected chi connectivity index (χ4v) is 1.40. The van der Waals surface area contributed by atoms with Crippen molar-refractivity contribution >= 4 is 11.9 Å². The Hall–Kier alpha value is -2.25. The van der Waals surface area contributed by atoms with Crippen molar-refractivity contribution in [3.63, 3.8) is 0 Å². The Bertz CT molecular complexity index is 500. The summed E-state index contributed by atoms with van der Waals surface area (Å²) in [5.74, 6) is -0.595. The van der Waals surface area contributed by atoms with E-state index in [4.69, 9.17) is 4.74 Å². The van der Waals surface area contributed by atoms with E-state index in [1.165, 1.54) is 6.92 Å². The first kappa shape index (κ1) is 16.8. The maximum Gasteiger partial charge on any atom is 0.416 e. The van der Waals surface area contributed by atoms with E-state index >= 15 is 0 Å². The molecule has 0 fully saturated rings. The summed E-state index contributed by atoms with van der Waals surface area (Å²) in [6, 6.07) is 3.26. The highest BCUT2D eigenvalue weighted by Gasteiger charge is 2.30. The van der Waals surface area contributed by atoms with Gasteiger partial charge in [0, 0.05) is 6.54 Å². The lowest BCUT2D eigenvalue weighted by molar-refractivity contribution is -0.137. The molecule has 0 radical (unpaired) electrons. The Morgan fingerprint density at radius 3 is 2.29 bits per heavy atom. The number of hydrogen-bond donors (Lipinski definition) is 2. The zero-order valence-electron chi connectivity index (χ0n) is 11.5. The van der Waals surface area contributed by atoms with E-state index in [1.807, 2.05) is 5.32 Å². The van der Waals surface area contributed by atoms with Crippen LogP contribution in [-0.2, 0) is 11.0 Å². The van der Waals surface area contributed by atoms with Crippen LogP contribution < -0.4 is 15.4 Å². The van der Waals surface area contributed by atoms with Gasteiger partial charge in [-0.2, -0.15) is 13.2 Å². The minimum absolute atomic E-state index is 0.0987. The molecule has 116 valence electrons. The highest BCUT2D eigenvalue weighted by atomic mass is 19.4. The number of imide groups is 1. The predicted octanol–water partition coefficient (Wildman–Crippen LogP) is 2.32. The van der Waals surface area contributed by atoms with Gasteiger partial charge in [0.2, 0.25) is 0 Å². The number of urea groups is 1. The van der Waals surface area contributed by atoms with E-state index in [2.05, 4.69) is 5.32 Å². The van der Waals surface area contributed by atoms with Crippen molar-refractivity contribution in [1.82, 2.24) is 10.6 Å². The van der Waals surface area contributed by atoms with Gasteiger partial charge in [-0.15, -0.1) is 0 Å². The Labute approximate surface area is 119 Å². The fourth-order valence-electron chi connectivity index (χ4n) is 1.40. The van der Waals surface area contributed by atoms with Gasteiger partial charge < -0.3 is 10.1 Å². The van der Waals surface area contributed by atoms with Crippen molar-refractivity contribution < 1.29 is 27.5 Å². The number of rotatable bonds is 4. The zero-order valence-corrected chi connectivity index (χ0v) is 11.5. The van der Waals surface area contributed by atoms with Crippen molar-refractivity contribution in [1.29, 1.82) is 0 Å². The number of alkyl halides is 3. The summed E-state index contributed by atoms with van der Waals surface area (Å²) < 4.78 is 42.3. The average Bonchev–Trinajstić information content (AvgIpc) is 2.38. The standard InChI is InChI=1S/C13H15F3N2O3/c1-3-17-12(20)18-11(19)8(2)21-10-6-4-9(5-7-10)13(14,15)16/h4-8H,3H2,1-2H3,(H2,17,18,19,20). The van der Waals surface area contributed by atoms with Crippen LogP contribution in [0.4, 0.5) is 18.0 Å². The molecule has 0 bridgehead atoms. The second-order valence-electron chi connectivity index (χ2n) is 4.13. The molecule has 0 heterocycles. The van der Waals surface area contributed by atoms with E-state index in [0.29, 0.717) is 6.54 Å². The number of ether oxygens (including phenoxy) is 1. The molecule has 0 spiro atoms. The molecule has 0 aliphatic heterocycles. The fraction of sp³-hybridized carbons (Fsp3) is 0.385. The number of benzene rings is 1. The van der Waals surface area contributed by atoms with Crippen LogP contribution in [-0.4, -0.2) is 24.6 Å². The molecule has 1 rings (SSSR count). The molecule has 0 saturated carbocycles. The summed E-state index contributed by atoms with van der Waals surface area (Å²) in [7, 11) is 0. The number of carbonyl (C=O) groups is 2. The molecule has 1 aromatic carbocycles. The molecule has 0 aliphatic carbocycles. The van der Waals surface area contributed by atoms with E-state index in [1.54, 1.807) is 6.92 Å². The van der Waals surface area contributed by atoms with Crippen molar-refractivity contribution in [2.75, 3.05) is 6.54 Å². The van der Waals surface area contributed by atoms with Crippen molar-refractivity contribution in [2.24, 2.45) is 0 Å². The molecule has 0 aromatic heterocycles. The molecule has 21 heavy (non-hydrogen) atoms. The van der Waals surface area contributed by atoms with Crippen molar-refractivity contribution in [2.45, 2.75) is 26.1 Å². The van der Waals surface area contributed by atoms with Gasteiger partial charge in [0.15, 0.2) is 6.10 Å². The lowest BCUT2D eigenvalue weighted by Crippen LogP contribution is -2.45. The average molecular weight is 304 g/mol. The van der Waals surface area contributed by atoms with Crippen LogP contribution >= 0.6 is 0 Å². The molecule has 1 atom stereocenters. The zero-order chi connectivity index (χ0) is 16.0. The lowest BCUT2D eigenvalue weighted by atomic mass is 10.2. The van der Waals surface area contributed by atoms with E-state index in [-0.39, 0.29) is 5.75 Å². The molecule has 8 heteroatoms. The summed E-state index contributed by atoms with van der Waals surface area (Å²) in [6.07, 6.45) is -5.45. The molecule has 5 nitrogen and oxygen atoms in total. The number of hydrogen-bond acceptors (Lipinski definition) is 3. The van der Waals surface area contributed by atoms with Crippen LogP contribution in [0.5, 0.6) is 5.75 Å². The van der Waals surface area contributed by atoms with Gasteiger partial charge in [-0.25, -0.2) is 4.79 Å². The van der Waals surface area contributed by atoms with Crippen LogP contribution in [0, 0.1) is 0 Å². The van der Waals surface area contributed by atoms with Crippen LogP contribution in [0.2, 0.25) is 0 Å². The topological polar surface area (TPSA) is 67.4 Å². The Balaban J connectivity index is 2.60. The maximum absolute atomic E-state index is 12.4. The highest BCUT2D eigenvalue weighted by molar-refractivity contribution is 5.96. The normalized spacial score (nSPS) is 12.4. The van der Waals surface area contributed by atoms with Gasteiger partial charge in [-0.05, 0) is 38.1 Å². The third-order valence-corrected chi connectivity index (χ3v) is 2.44. The van der Waals surface area contributed by atoms with Crippen LogP contribution in [0.15, 0.2) is 24.3 Å². The van der Waals surface area contributed by atoms with Gasteiger partial charge in [-0.1, -0.05) is 0 Å². The van der Waals surface area contributed by atoms with Crippen LogP contribution in [0.3, 0.4) is 0 Å². The summed E-state index contributed by atoms with van der Waals surface area (Å²) >= 11 is 0.